The van der Waals surface area contributed by atoms with E-state index in [9.17, 15) is 4.79 Å². The first-order valence-corrected chi connectivity index (χ1v) is 10.0. The molecule has 0 unspecified atom stereocenters. The average molecular weight is 386 g/mol. The van der Waals surface area contributed by atoms with Crippen molar-refractivity contribution in [2.24, 2.45) is 0 Å². The summed E-state index contributed by atoms with van der Waals surface area (Å²) in [4.78, 5) is 13.7. The number of carbonyl (C=O) groups is 1. The van der Waals surface area contributed by atoms with Crippen LogP contribution >= 0.6 is 0 Å². The lowest BCUT2D eigenvalue weighted by Gasteiger charge is -2.10. The quantitative estimate of drug-likeness (QED) is 0.337. The lowest BCUT2D eigenvalue weighted by Crippen LogP contribution is -2.12. The smallest absolute Gasteiger partial charge is 0.262 e. The second-order valence-electron chi connectivity index (χ2n) is 7.44. The minimum absolute atomic E-state index is 0.0184. The van der Waals surface area contributed by atoms with Gasteiger partial charge >= 0.3 is 0 Å². The van der Waals surface area contributed by atoms with Crippen LogP contribution in [0.4, 0.5) is 0 Å². The van der Waals surface area contributed by atoms with Gasteiger partial charge in [0.1, 0.15) is 0 Å². The van der Waals surface area contributed by atoms with Crippen molar-refractivity contribution in [3.05, 3.63) is 115 Å². The van der Waals surface area contributed by atoms with Crippen molar-refractivity contribution in [1.82, 2.24) is 9.13 Å². The predicted octanol–water partition coefficient (Wildman–Crippen LogP) is 6.43. The normalized spacial score (nSPS) is 11.5. The largest absolute Gasteiger partial charge is 0.315 e. The lowest BCUT2D eigenvalue weighted by molar-refractivity contribution is 0.0969. The molecule has 0 N–H and O–H groups in total. The fourth-order valence-corrected chi connectivity index (χ4v) is 4.40. The molecule has 0 radical (unpaired) electrons. The van der Waals surface area contributed by atoms with Crippen molar-refractivity contribution >= 4 is 38.6 Å². The first kappa shape index (κ1) is 16.8. The van der Waals surface area contributed by atoms with Gasteiger partial charge in [0.05, 0.1) is 16.6 Å². The molecule has 3 nitrogen and oxygen atoms in total. The number of para-hydroxylation sites is 2. The highest BCUT2D eigenvalue weighted by Crippen LogP contribution is 2.36. The Bertz CT molecular complexity index is 1540. The molecule has 0 aliphatic heterocycles. The van der Waals surface area contributed by atoms with E-state index in [1.165, 1.54) is 0 Å². The highest BCUT2D eigenvalue weighted by molar-refractivity contribution is 6.22. The van der Waals surface area contributed by atoms with Crippen LogP contribution in [0.25, 0.3) is 38.4 Å². The van der Waals surface area contributed by atoms with Gasteiger partial charge in [0.15, 0.2) is 0 Å². The minimum Gasteiger partial charge on any atom is -0.315 e. The van der Waals surface area contributed by atoms with Gasteiger partial charge in [-0.25, -0.2) is 0 Å². The Kier molecular flexibility index (Phi) is 3.62. The molecule has 6 rings (SSSR count). The Morgan fingerprint density at radius 2 is 1.30 bits per heavy atom. The van der Waals surface area contributed by atoms with E-state index in [2.05, 4.69) is 47.2 Å². The highest BCUT2D eigenvalue weighted by Gasteiger charge is 2.21. The zero-order valence-electron chi connectivity index (χ0n) is 16.2. The summed E-state index contributed by atoms with van der Waals surface area (Å²) < 4.78 is 4.05. The monoisotopic (exact) mass is 386 g/mol. The van der Waals surface area contributed by atoms with Gasteiger partial charge < -0.3 is 4.57 Å². The molecule has 0 saturated carbocycles. The van der Waals surface area contributed by atoms with Crippen molar-refractivity contribution in [2.75, 3.05) is 0 Å². The van der Waals surface area contributed by atoms with E-state index in [1.54, 1.807) is 0 Å². The lowest BCUT2D eigenvalue weighted by atomic mass is 10.1. The van der Waals surface area contributed by atoms with Crippen LogP contribution in [-0.2, 0) is 0 Å². The van der Waals surface area contributed by atoms with E-state index in [0.29, 0.717) is 5.56 Å². The molecule has 0 spiro atoms. The van der Waals surface area contributed by atoms with Crippen LogP contribution in [0.3, 0.4) is 0 Å². The van der Waals surface area contributed by atoms with E-state index in [-0.39, 0.29) is 5.91 Å². The maximum atomic E-state index is 13.7. The third-order valence-corrected chi connectivity index (χ3v) is 5.74. The summed E-state index contributed by atoms with van der Waals surface area (Å²) in [7, 11) is 0. The highest BCUT2D eigenvalue weighted by atomic mass is 16.2. The van der Waals surface area contributed by atoms with Crippen LogP contribution in [0.2, 0.25) is 0 Å². The molecular formula is C27H18N2O. The van der Waals surface area contributed by atoms with Gasteiger partial charge in [-0.2, -0.15) is 0 Å². The number of benzene rings is 4. The molecule has 0 atom stereocenters. The zero-order valence-corrected chi connectivity index (χ0v) is 16.2. The van der Waals surface area contributed by atoms with Crippen molar-refractivity contribution in [2.45, 2.75) is 0 Å². The second kappa shape index (κ2) is 6.46. The van der Waals surface area contributed by atoms with Gasteiger partial charge in [-0.15, -0.1) is 0 Å². The third-order valence-electron chi connectivity index (χ3n) is 5.74. The number of hydrogen-bond acceptors (Lipinski definition) is 1. The molecule has 3 heteroatoms. The molecule has 4 aromatic carbocycles. The molecule has 30 heavy (non-hydrogen) atoms. The summed E-state index contributed by atoms with van der Waals surface area (Å²) in [5, 5.41) is 3.27. The summed E-state index contributed by atoms with van der Waals surface area (Å²) in [5.41, 5.74) is 4.66. The SMILES string of the molecule is O=C(c1ccccc1)n1c2ccccc2c2ccc3ccn(-c4ccccc4)c3c21. The number of aromatic nitrogens is 2. The second-order valence-corrected chi connectivity index (χ2v) is 7.44. The fourth-order valence-electron chi connectivity index (χ4n) is 4.40. The summed E-state index contributed by atoms with van der Waals surface area (Å²) in [6, 6.07) is 34.3. The molecule has 2 aromatic heterocycles. The van der Waals surface area contributed by atoms with Crippen molar-refractivity contribution < 1.29 is 4.79 Å². The van der Waals surface area contributed by atoms with Crippen molar-refractivity contribution in [3.8, 4) is 5.69 Å². The molecule has 0 amide bonds. The number of nitrogens with zero attached hydrogens (tertiary/aromatic N) is 2. The molecule has 0 bridgehead atoms. The van der Waals surface area contributed by atoms with Gasteiger partial charge in [-0.1, -0.05) is 66.7 Å². The molecule has 0 fully saturated rings. The molecule has 0 aliphatic rings. The first-order valence-electron chi connectivity index (χ1n) is 10.0. The Labute approximate surface area is 173 Å². The summed E-state index contributed by atoms with van der Waals surface area (Å²) in [6.45, 7) is 0. The summed E-state index contributed by atoms with van der Waals surface area (Å²) in [5.74, 6) is -0.0184. The van der Waals surface area contributed by atoms with E-state index in [1.807, 2.05) is 71.3 Å². The number of rotatable bonds is 2. The van der Waals surface area contributed by atoms with Gasteiger partial charge in [-0.3, -0.25) is 9.36 Å². The third kappa shape index (κ3) is 2.36. The Hall–Kier alpha value is -4.11. The van der Waals surface area contributed by atoms with Crippen LogP contribution in [0.5, 0.6) is 0 Å². The molecule has 0 saturated heterocycles. The van der Waals surface area contributed by atoms with Crippen molar-refractivity contribution in [1.29, 1.82) is 0 Å². The van der Waals surface area contributed by atoms with Gasteiger partial charge in [-0.05, 0) is 36.4 Å². The fraction of sp³-hybridized carbons (Fsp3) is 0. The molecule has 0 aliphatic carbocycles. The average Bonchev–Trinajstić information content (AvgIpc) is 3.39. The van der Waals surface area contributed by atoms with Gasteiger partial charge in [0, 0.05) is 33.6 Å². The Balaban J connectivity index is 1.79. The molecule has 2 heterocycles. The molecule has 6 aromatic rings. The van der Waals surface area contributed by atoms with Crippen molar-refractivity contribution in [3.63, 3.8) is 0 Å². The van der Waals surface area contributed by atoms with Gasteiger partial charge in [0.2, 0.25) is 0 Å². The van der Waals surface area contributed by atoms with E-state index in [4.69, 9.17) is 0 Å². The predicted molar refractivity (Wildman–Crippen MR) is 122 cm³/mol. The first-order chi connectivity index (χ1) is 14.8. The van der Waals surface area contributed by atoms with Crippen LogP contribution in [0.1, 0.15) is 10.4 Å². The van der Waals surface area contributed by atoms with Crippen LogP contribution < -0.4 is 0 Å². The topological polar surface area (TPSA) is 26.9 Å². The minimum atomic E-state index is -0.0184. The molecule has 142 valence electrons. The molecular weight excluding hydrogens is 368 g/mol. The van der Waals surface area contributed by atoms with Gasteiger partial charge in [0.25, 0.3) is 5.91 Å². The number of carbonyl (C=O) groups excluding carboxylic acids is 1. The van der Waals surface area contributed by atoms with Crippen LogP contribution in [0, 0.1) is 0 Å². The summed E-state index contributed by atoms with van der Waals surface area (Å²) >= 11 is 0. The number of hydrogen-bond donors (Lipinski definition) is 0. The zero-order chi connectivity index (χ0) is 20.1. The Morgan fingerprint density at radius 3 is 2.10 bits per heavy atom. The van der Waals surface area contributed by atoms with E-state index in [0.717, 1.165) is 38.4 Å². The number of fused-ring (bicyclic) bond motifs is 5. The van der Waals surface area contributed by atoms with E-state index < -0.39 is 0 Å². The standard InChI is InChI=1S/C27H18N2O/c30-27(20-9-3-1-4-10-20)29-24-14-8-7-13-22(24)23-16-15-19-17-18-28(25(19)26(23)29)21-11-5-2-6-12-21/h1-18H. The maximum Gasteiger partial charge on any atom is 0.262 e. The summed E-state index contributed by atoms with van der Waals surface area (Å²) in [6.07, 6.45) is 2.08. The maximum absolute atomic E-state index is 13.7. The van der Waals surface area contributed by atoms with E-state index >= 15 is 0 Å². The van der Waals surface area contributed by atoms with Crippen LogP contribution in [0.15, 0.2) is 109 Å². The Morgan fingerprint density at radius 1 is 0.600 bits per heavy atom. The van der Waals surface area contributed by atoms with Crippen LogP contribution in [-0.4, -0.2) is 15.0 Å².